The number of hydrogen-bond acceptors (Lipinski definition) is 4. The molecule has 0 aliphatic rings. The van der Waals surface area contributed by atoms with Crippen LogP contribution in [0.4, 0.5) is 5.69 Å². The van der Waals surface area contributed by atoms with Gasteiger partial charge < -0.3 is 10.1 Å². The van der Waals surface area contributed by atoms with Crippen molar-refractivity contribution < 1.29 is 17.9 Å². The minimum absolute atomic E-state index is 0.189. The van der Waals surface area contributed by atoms with Crippen LogP contribution in [0.1, 0.15) is 23.6 Å². The van der Waals surface area contributed by atoms with Gasteiger partial charge in [-0.2, -0.15) is 4.31 Å². The van der Waals surface area contributed by atoms with Crippen LogP contribution in [0.3, 0.4) is 0 Å². The summed E-state index contributed by atoms with van der Waals surface area (Å²) in [7, 11) is -2.13. The van der Waals surface area contributed by atoms with Crippen LogP contribution in [-0.4, -0.2) is 32.3 Å². The average molecular weight is 453 g/mol. The molecule has 0 unspecified atom stereocenters. The average Bonchev–Trinajstić information content (AvgIpc) is 2.77. The Bertz CT molecular complexity index is 1160. The van der Waals surface area contributed by atoms with Crippen molar-refractivity contribution in [3.63, 3.8) is 0 Å². The smallest absolute Gasteiger partial charge is 0.243 e. The first-order valence-corrected chi connectivity index (χ1v) is 11.8. The second-order valence-corrected chi connectivity index (χ2v) is 9.57. The molecular weight excluding hydrogens is 424 g/mol. The Morgan fingerprint density at radius 3 is 2.25 bits per heavy atom. The molecule has 0 aliphatic heterocycles. The third kappa shape index (κ3) is 6.18. The van der Waals surface area contributed by atoms with Crippen molar-refractivity contribution in [2.45, 2.75) is 31.7 Å². The summed E-state index contributed by atoms with van der Waals surface area (Å²) in [6, 6.07) is 21.7. The number of hydrogen-bond donors (Lipinski definition) is 1. The van der Waals surface area contributed by atoms with Crippen molar-refractivity contribution >= 4 is 21.6 Å². The van der Waals surface area contributed by atoms with E-state index in [1.54, 1.807) is 19.2 Å². The number of anilines is 1. The molecule has 3 aromatic carbocycles. The van der Waals surface area contributed by atoms with Crippen LogP contribution in [0.2, 0.25) is 0 Å². The number of sulfonamides is 1. The van der Waals surface area contributed by atoms with Crippen LogP contribution >= 0.6 is 0 Å². The number of nitrogens with zero attached hydrogens (tertiary/aromatic N) is 1. The van der Waals surface area contributed by atoms with Crippen molar-refractivity contribution in [1.82, 2.24) is 4.31 Å². The summed E-state index contributed by atoms with van der Waals surface area (Å²) in [5.41, 5.74) is 3.59. The first kappa shape index (κ1) is 23.5. The minimum Gasteiger partial charge on any atom is -0.497 e. The van der Waals surface area contributed by atoms with Gasteiger partial charge >= 0.3 is 0 Å². The number of carbonyl (C=O) groups is 1. The van der Waals surface area contributed by atoms with Crippen molar-refractivity contribution in [3.8, 4) is 5.75 Å². The second-order valence-electron chi connectivity index (χ2n) is 7.63. The molecule has 1 N–H and O–H groups in total. The summed E-state index contributed by atoms with van der Waals surface area (Å²) in [6.45, 7) is 4.00. The standard InChI is InChI=1S/C25H28N2O4S/c1-19-5-4-6-22(17-19)18-27(16-15-21-7-11-24(31-3)12-8-21)32(29,30)25-13-9-23(10-14-25)26-20(2)28/h4-14,17H,15-16,18H2,1-3H3,(H,26,28). The number of ether oxygens (including phenoxy) is 1. The molecule has 3 rings (SSSR count). The van der Waals surface area contributed by atoms with Gasteiger partial charge in [0.1, 0.15) is 5.75 Å². The lowest BCUT2D eigenvalue weighted by Crippen LogP contribution is -2.32. The fraction of sp³-hybridized carbons (Fsp3) is 0.240. The largest absolute Gasteiger partial charge is 0.497 e. The van der Waals surface area contributed by atoms with Gasteiger partial charge in [-0.15, -0.1) is 0 Å². The van der Waals surface area contributed by atoms with E-state index in [9.17, 15) is 13.2 Å². The van der Waals surface area contributed by atoms with E-state index < -0.39 is 10.0 Å². The lowest BCUT2D eigenvalue weighted by atomic mass is 10.1. The van der Waals surface area contributed by atoms with Crippen LogP contribution in [0.15, 0.2) is 77.7 Å². The summed E-state index contributed by atoms with van der Waals surface area (Å²) in [5, 5.41) is 2.66. The van der Waals surface area contributed by atoms with E-state index >= 15 is 0 Å². The number of aryl methyl sites for hydroxylation is 1. The summed E-state index contributed by atoms with van der Waals surface area (Å²) in [4.78, 5) is 11.4. The van der Waals surface area contributed by atoms with Crippen LogP contribution in [0, 0.1) is 6.92 Å². The topological polar surface area (TPSA) is 75.7 Å². The third-order valence-electron chi connectivity index (χ3n) is 5.06. The summed E-state index contributed by atoms with van der Waals surface area (Å²) in [5.74, 6) is 0.554. The fourth-order valence-electron chi connectivity index (χ4n) is 3.41. The van der Waals surface area contributed by atoms with E-state index in [4.69, 9.17) is 4.74 Å². The number of methoxy groups -OCH3 is 1. The highest BCUT2D eigenvalue weighted by molar-refractivity contribution is 7.89. The highest BCUT2D eigenvalue weighted by Gasteiger charge is 2.24. The van der Waals surface area contributed by atoms with Crippen molar-refractivity contribution in [2.24, 2.45) is 0 Å². The molecule has 0 aromatic heterocycles. The van der Waals surface area contributed by atoms with Gasteiger partial charge in [0.2, 0.25) is 15.9 Å². The Morgan fingerprint density at radius 1 is 0.969 bits per heavy atom. The highest BCUT2D eigenvalue weighted by atomic mass is 32.2. The minimum atomic E-state index is -3.74. The molecule has 0 fully saturated rings. The second kappa shape index (κ2) is 10.4. The Balaban J connectivity index is 1.86. The molecule has 0 radical (unpaired) electrons. The van der Waals surface area contributed by atoms with Crippen LogP contribution in [0.25, 0.3) is 0 Å². The van der Waals surface area contributed by atoms with Crippen LogP contribution < -0.4 is 10.1 Å². The number of benzene rings is 3. The van der Waals surface area contributed by atoms with Gasteiger partial charge in [0.15, 0.2) is 0 Å². The highest BCUT2D eigenvalue weighted by Crippen LogP contribution is 2.22. The number of rotatable bonds is 9. The molecule has 168 valence electrons. The maximum absolute atomic E-state index is 13.5. The van der Waals surface area contributed by atoms with Gasteiger partial charge in [-0.1, -0.05) is 42.0 Å². The third-order valence-corrected chi connectivity index (χ3v) is 6.92. The molecule has 0 aliphatic carbocycles. The van der Waals surface area contributed by atoms with Gasteiger partial charge in [0.05, 0.1) is 12.0 Å². The number of amides is 1. The van der Waals surface area contributed by atoms with E-state index in [0.29, 0.717) is 18.7 Å². The first-order valence-electron chi connectivity index (χ1n) is 10.3. The quantitative estimate of drug-likeness (QED) is 0.522. The SMILES string of the molecule is COc1ccc(CCN(Cc2cccc(C)c2)S(=O)(=O)c2ccc(NC(C)=O)cc2)cc1. The molecule has 0 bridgehead atoms. The van der Waals surface area contributed by atoms with E-state index in [-0.39, 0.29) is 17.3 Å². The van der Waals surface area contributed by atoms with E-state index in [1.165, 1.54) is 23.4 Å². The lowest BCUT2D eigenvalue weighted by molar-refractivity contribution is -0.114. The van der Waals surface area contributed by atoms with Crippen molar-refractivity contribution in [2.75, 3.05) is 19.0 Å². The van der Waals surface area contributed by atoms with Crippen LogP contribution in [0.5, 0.6) is 5.75 Å². The molecule has 3 aromatic rings. The van der Waals surface area contributed by atoms with E-state index in [2.05, 4.69) is 5.32 Å². The zero-order valence-electron chi connectivity index (χ0n) is 18.5. The zero-order chi connectivity index (χ0) is 23.1. The molecule has 0 saturated heterocycles. The Kier molecular flexibility index (Phi) is 7.66. The molecule has 0 saturated carbocycles. The lowest BCUT2D eigenvalue weighted by Gasteiger charge is -2.23. The molecule has 0 heterocycles. The molecule has 0 atom stereocenters. The van der Waals surface area contributed by atoms with Crippen LogP contribution in [-0.2, 0) is 27.8 Å². The molecule has 1 amide bonds. The molecular formula is C25H28N2O4S. The molecule has 0 spiro atoms. The Hall–Kier alpha value is -3.16. The Labute approximate surface area is 189 Å². The van der Waals surface area contributed by atoms with Gasteiger partial charge in [-0.05, 0) is 60.9 Å². The van der Waals surface area contributed by atoms with Gasteiger partial charge in [-0.25, -0.2) is 8.42 Å². The molecule has 7 heteroatoms. The van der Waals surface area contributed by atoms with E-state index in [1.807, 2.05) is 55.5 Å². The maximum Gasteiger partial charge on any atom is 0.243 e. The summed E-state index contributed by atoms with van der Waals surface area (Å²) >= 11 is 0. The van der Waals surface area contributed by atoms with Gasteiger partial charge in [-0.3, -0.25) is 4.79 Å². The van der Waals surface area contributed by atoms with Crippen molar-refractivity contribution in [1.29, 1.82) is 0 Å². The fourth-order valence-corrected chi connectivity index (χ4v) is 4.84. The monoisotopic (exact) mass is 452 g/mol. The Morgan fingerprint density at radius 2 is 1.66 bits per heavy atom. The predicted molar refractivity (Wildman–Crippen MR) is 126 cm³/mol. The zero-order valence-corrected chi connectivity index (χ0v) is 19.4. The van der Waals surface area contributed by atoms with Gasteiger partial charge in [0, 0.05) is 25.7 Å². The van der Waals surface area contributed by atoms with Crippen molar-refractivity contribution in [3.05, 3.63) is 89.5 Å². The van der Waals surface area contributed by atoms with Gasteiger partial charge in [0.25, 0.3) is 0 Å². The number of nitrogens with one attached hydrogen (secondary N) is 1. The summed E-state index contributed by atoms with van der Waals surface area (Å²) < 4.78 is 33.7. The normalized spacial score (nSPS) is 11.4. The first-order chi connectivity index (χ1) is 15.3. The number of carbonyl (C=O) groups excluding carboxylic acids is 1. The summed E-state index contributed by atoms with van der Waals surface area (Å²) in [6.07, 6.45) is 0.568. The molecule has 32 heavy (non-hydrogen) atoms. The predicted octanol–water partition coefficient (Wildman–Crippen LogP) is 4.40. The maximum atomic E-state index is 13.5. The van der Waals surface area contributed by atoms with E-state index in [0.717, 1.165) is 22.4 Å². The molecule has 6 nitrogen and oxygen atoms in total.